The number of pyridine rings is 1. The molecule has 0 bridgehead atoms. The molecule has 1 amide bonds. The van der Waals surface area contributed by atoms with Crippen molar-refractivity contribution < 1.29 is 9.59 Å². The van der Waals surface area contributed by atoms with Crippen molar-refractivity contribution in [3.63, 3.8) is 0 Å². The molecule has 3 aromatic rings. The maximum atomic E-state index is 13.3. The second-order valence-electron chi connectivity index (χ2n) is 7.30. The third-order valence-corrected chi connectivity index (χ3v) is 4.94. The molecule has 0 unspecified atom stereocenters. The van der Waals surface area contributed by atoms with E-state index in [1.54, 1.807) is 38.5 Å². The van der Waals surface area contributed by atoms with Gasteiger partial charge in [-0.3, -0.25) is 9.59 Å². The predicted octanol–water partition coefficient (Wildman–Crippen LogP) is 3.97. The first-order valence-corrected chi connectivity index (χ1v) is 9.59. The van der Waals surface area contributed by atoms with Crippen LogP contribution in [0.25, 0.3) is 5.82 Å². The SMILES string of the molecule is Cc1cc(C)c(CC(=O)c2cc(C)nn2-c2ncccc2Cl)c(C(=O)N(C)C)c1. The van der Waals surface area contributed by atoms with Gasteiger partial charge in [0.2, 0.25) is 0 Å². The summed E-state index contributed by atoms with van der Waals surface area (Å²) in [5, 5.41) is 4.80. The highest BCUT2D eigenvalue weighted by molar-refractivity contribution is 6.32. The smallest absolute Gasteiger partial charge is 0.253 e. The third kappa shape index (κ3) is 4.22. The number of carbonyl (C=O) groups is 2. The number of amides is 1. The van der Waals surface area contributed by atoms with Gasteiger partial charge < -0.3 is 4.90 Å². The average Bonchev–Trinajstić information content (AvgIpc) is 3.05. The molecule has 2 aromatic heterocycles. The Bertz CT molecular complexity index is 1100. The molecule has 0 spiro atoms. The van der Waals surface area contributed by atoms with Crippen molar-refractivity contribution in [1.82, 2.24) is 19.7 Å². The van der Waals surface area contributed by atoms with E-state index in [1.165, 1.54) is 9.58 Å². The summed E-state index contributed by atoms with van der Waals surface area (Å²) in [5.41, 5.74) is 4.20. The molecule has 0 saturated carbocycles. The van der Waals surface area contributed by atoms with Gasteiger partial charge in [-0.05, 0) is 56.2 Å². The van der Waals surface area contributed by atoms with Gasteiger partial charge in [0, 0.05) is 32.3 Å². The van der Waals surface area contributed by atoms with Crippen molar-refractivity contribution >= 4 is 23.3 Å². The van der Waals surface area contributed by atoms with Crippen LogP contribution < -0.4 is 0 Å². The Kier molecular flexibility index (Phi) is 5.84. The summed E-state index contributed by atoms with van der Waals surface area (Å²) in [7, 11) is 3.40. The van der Waals surface area contributed by atoms with Gasteiger partial charge in [0.15, 0.2) is 11.6 Å². The number of rotatable bonds is 5. The van der Waals surface area contributed by atoms with Gasteiger partial charge in [-0.25, -0.2) is 9.67 Å². The number of carbonyl (C=O) groups excluding carboxylic acids is 2. The molecule has 150 valence electrons. The fourth-order valence-corrected chi connectivity index (χ4v) is 3.51. The van der Waals surface area contributed by atoms with Crippen LogP contribution in [0.2, 0.25) is 5.02 Å². The first kappa shape index (κ1) is 20.7. The summed E-state index contributed by atoms with van der Waals surface area (Å²) in [6.07, 6.45) is 1.68. The minimum absolute atomic E-state index is 0.0800. The molecule has 1 aromatic carbocycles. The van der Waals surface area contributed by atoms with E-state index in [-0.39, 0.29) is 18.1 Å². The Balaban J connectivity index is 2.05. The quantitative estimate of drug-likeness (QED) is 0.597. The summed E-state index contributed by atoms with van der Waals surface area (Å²) in [6, 6.07) is 8.94. The van der Waals surface area contributed by atoms with Crippen LogP contribution >= 0.6 is 11.6 Å². The number of aryl methyl sites for hydroxylation is 3. The van der Waals surface area contributed by atoms with Gasteiger partial charge in [-0.2, -0.15) is 5.10 Å². The standard InChI is InChI=1S/C22H23ClN4O2/c1-13-9-14(2)16(17(10-13)22(29)26(4)5)12-20(28)19-11-15(3)25-27(19)21-18(23)7-6-8-24-21/h6-11H,12H2,1-5H3. The number of nitrogens with zero attached hydrogens (tertiary/aromatic N) is 4. The number of aromatic nitrogens is 3. The molecule has 0 N–H and O–H groups in total. The van der Waals surface area contributed by atoms with Crippen LogP contribution in [-0.2, 0) is 6.42 Å². The molecule has 29 heavy (non-hydrogen) atoms. The first-order chi connectivity index (χ1) is 13.7. The van der Waals surface area contributed by atoms with E-state index in [2.05, 4.69) is 10.1 Å². The Labute approximate surface area is 175 Å². The fraction of sp³-hybridized carbons (Fsp3) is 0.273. The molecule has 2 heterocycles. The van der Waals surface area contributed by atoms with Gasteiger partial charge in [0.05, 0.1) is 10.7 Å². The normalized spacial score (nSPS) is 10.8. The van der Waals surface area contributed by atoms with Gasteiger partial charge in [-0.15, -0.1) is 0 Å². The highest BCUT2D eigenvalue weighted by atomic mass is 35.5. The largest absolute Gasteiger partial charge is 0.345 e. The van der Waals surface area contributed by atoms with E-state index >= 15 is 0 Å². The van der Waals surface area contributed by atoms with Gasteiger partial charge in [-0.1, -0.05) is 23.2 Å². The van der Waals surface area contributed by atoms with Crippen LogP contribution in [0.15, 0.2) is 36.5 Å². The van der Waals surface area contributed by atoms with E-state index in [9.17, 15) is 9.59 Å². The van der Waals surface area contributed by atoms with Crippen molar-refractivity contribution in [3.05, 3.63) is 75.2 Å². The molecule has 7 heteroatoms. The van der Waals surface area contributed by atoms with Gasteiger partial charge in [0.1, 0.15) is 5.69 Å². The van der Waals surface area contributed by atoms with Crippen molar-refractivity contribution in [2.45, 2.75) is 27.2 Å². The van der Waals surface area contributed by atoms with E-state index in [0.29, 0.717) is 27.8 Å². The number of benzene rings is 1. The first-order valence-electron chi connectivity index (χ1n) is 9.21. The molecular formula is C22H23ClN4O2. The lowest BCUT2D eigenvalue weighted by Gasteiger charge is -2.17. The van der Waals surface area contributed by atoms with Crippen molar-refractivity contribution in [3.8, 4) is 5.82 Å². The molecule has 0 aliphatic carbocycles. The Morgan fingerprint density at radius 2 is 1.86 bits per heavy atom. The molecule has 0 aliphatic rings. The van der Waals surface area contributed by atoms with Gasteiger partial charge in [0.25, 0.3) is 5.91 Å². The minimum Gasteiger partial charge on any atom is -0.345 e. The molecule has 6 nitrogen and oxygen atoms in total. The maximum Gasteiger partial charge on any atom is 0.253 e. The number of hydrogen-bond acceptors (Lipinski definition) is 4. The number of halogens is 1. The van der Waals surface area contributed by atoms with Crippen molar-refractivity contribution in [2.24, 2.45) is 0 Å². The summed E-state index contributed by atoms with van der Waals surface area (Å²) in [6.45, 7) is 5.66. The third-order valence-electron chi connectivity index (χ3n) is 4.65. The fourth-order valence-electron chi connectivity index (χ4n) is 3.31. The zero-order chi connectivity index (χ0) is 21.3. The lowest BCUT2D eigenvalue weighted by atomic mass is 9.93. The van der Waals surface area contributed by atoms with Gasteiger partial charge >= 0.3 is 0 Å². The van der Waals surface area contributed by atoms with E-state index < -0.39 is 0 Å². The topological polar surface area (TPSA) is 68.1 Å². The zero-order valence-electron chi connectivity index (χ0n) is 17.2. The Hall–Kier alpha value is -2.99. The van der Waals surface area contributed by atoms with Crippen molar-refractivity contribution in [2.75, 3.05) is 14.1 Å². The molecular weight excluding hydrogens is 388 g/mol. The lowest BCUT2D eigenvalue weighted by molar-refractivity contribution is 0.0826. The summed E-state index contributed by atoms with van der Waals surface area (Å²) >= 11 is 6.26. The monoisotopic (exact) mass is 410 g/mol. The molecule has 0 saturated heterocycles. The summed E-state index contributed by atoms with van der Waals surface area (Å²) < 4.78 is 1.47. The number of Topliss-reactive ketones (excluding diaryl/α,β-unsaturated/α-hetero) is 1. The molecule has 0 aliphatic heterocycles. The van der Waals surface area contributed by atoms with E-state index in [0.717, 1.165) is 16.7 Å². The summed E-state index contributed by atoms with van der Waals surface area (Å²) in [5.74, 6) is 0.111. The van der Waals surface area contributed by atoms with E-state index in [1.807, 2.05) is 32.9 Å². The van der Waals surface area contributed by atoms with Crippen molar-refractivity contribution in [1.29, 1.82) is 0 Å². The molecule has 0 atom stereocenters. The van der Waals surface area contributed by atoms with Crippen LogP contribution in [-0.4, -0.2) is 45.5 Å². The molecule has 3 rings (SSSR count). The van der Waals surface area contributed by atoms with Crippen LogP contribution in [0.1, 0.15) is 43.2 Å². The summed E-state index contributed by atoms with van der Waals surface area (Å²) in [4.78, 5) is 31.7. The van der Waals surface area contributed by atoms with Crippen LogP contribution in [0.3, 0.4) is 0 Å². The van der Waals surface area contributed by atoms with E-state index in [4.69, 9.17) is 11.6 Å². The number of hydrogen-bond donors (Lipinski definition) is 0. The molecule has 0 radical (unpaired) electrons. The Morgan fingerprint density at radius 1 is 1.14 bits per heavy atom. The zero-order valence-corrected chi connectivity index (χ0v) is 17.9. The predicted molar refractivity (Wildman–Crippen MR) is 113 cm³/mol. The minimum atomic E-state index is -0.160. The Morgan fingerprint density at radius 3 is 2.52 bits per heavy atom. The average molecular weight is 411 g/mol. The number of ketones is 1. The second-order valence-corrected chi connectivity index (χ2v) is 7.71. The highest BCUT2D eigenvalue weighted by Crippen LogP contribution is 2.23. The second kappa shape index (κ2) is 8.17. The van der Waals surface area contributed by atoms with Crippen LogP contribution in [0.5, 0.6) is 0 Å². The maximum absolute atomic E-state index is 13.3. The molecule has 0 fully saturated rings. The van der Waals surface area contributed by atoms with Crippen LogP contribution in [0.4, 0.5) is 0 Å². The highest BCUT2D eigenvalue weighted by Gasteiger charge is 2.22. The lowest BCUT2D eigenvalue weighted by Crippen LogP contribution is -2.24. The van der Waals surface area contributed by atoms with Crippen LogP contribution in [0, 0.1) is 20.8 Å².